The molecule has 138 valence electrons. The summed E-state index contributed by atoms with van der Waals surface area (Å²) in [5, 5.41) is 9.73. The molecule has 1 fully saturated rings. The average Bonchev–Trinajstić information content (AvgIpc) is 3.46. The third-order valence-electron chi connectivity index (χ3n) is 4.45. The summed E-state index contributed by atoms with van der Waals surface area (Å²) in [7, 11) is 0. The van der Waals surface area contributed by atoms with Crippen LogP contribution in [-0.2, 0) is 0 Å². The number of hydrogen-bond acceptors (Lipinski definition) is 5. The molecule has 0 atom stereocenters. The van der Waals surface area contributed by atoms with E-state index in [0.29, 0.717) is 23.8 Å². The number of nitrogens with zero attached hydrogens (tertiary/aromatic N) is 3. The molecule has 1 aliphatic carbocycles. The van der Waals surface area contributed by atoms with E-state index >= 15 is 0 Å². The molecule has 0 spiro atoms. The van der Waals surface area contributed by atoms with Crippen LogP contribution in [0.2, 0.25) is 0 Å². The SMILES string of the molecule is CC(=O)c1ccccc1OCCSc1nnc(C2CC2)n1-c1ccccc1. The second-order valence-corrected chi connectivity index (χ2v) is 7.60. The van der Waals surface area contributed by atoms with Crippen LogP contribution in [0.4, 0.5) is 0 Å². The van der Waals surface area contributed by atoms with E-state index < -0.39 is 0 Å². The summed E-state index contributed by atoms with van der Waals surface area (Å²) in [5.41, 5.74) is 1.71. The molecule has 1 aromatic heterocycles. The van der Waals surface area contributed by atoms with Crippen LogP contribution in [0.25, 0.3) is 5.69 Å². The molecule has 5 nitrogen and oxygen atoms in total. The second kappa shape index (κ2) is 7.96. The first-order valence-electron chi connectivity index (χ1n) is 9.10. The molecule has 0 N–H and O–H groups in total. The summed E-state index contributed by atoms with van der Waals surface area (Å²) in [6.45, 7) is 2.05. The molecule has 1 aliphatic rings. The van der Waals surface area contributed by atoms with Gasteiger partial charge in [-0.25, -0.2) is 0 Å². The van der Waals surface area contributed by atoms with Crippen LogP contribution in [-0.4, -0.2) is 32.9 Å². The molecule has 1 saturated carbocycles. The fraction of sp³-hybridized carbons (Fsp3) is 0.286. The van der Waals surface area contributed by atoms with Crippen molar-refractivity contribution in [2.24, 2.45) is 0 Å². The highest BCUT2D eigenvalue weighted by molar-refractivity contribution is 7.99. The maximum absolute atomic E-state index is 11.7. The summed E-state index contributed by atoms with van der Waals surface area (Å²) in [6.07, 6.45) is 2.36. The van der Waals surface area contributed by atoms with Crippen LogP contribution >= 0.6 is 11.8 Å². The van der Waals surface area contributed by atoms with E-state index in [-0.39, 0.29) is 5.78 Å². The standard InChI is InChI=1S/C21H21N3O2S/c1-15(25)18-9-5-6-10-19(18)26-13-14-27-21-23-22-20(16-11-12-16)24(21)17-7-3-2-4-8-17/h2-10,16H,11-14H2,1H3. The van der Waals surface area contributed by atoms with E-state index in [4.69, 9.17) is 4.74 Å². The summed E-state index contributed by atoms with van der Waals surface area (Å²) in [5.74, 6) is 2.93. The molecular weight excluding hydrogens is 358 g/mol. The summed E-state index contributed by atoms with van der Waals surface area (Å²) in [6, 6.07) is 17.6. The Kier molecular flexibility index (Phi) is 5.25. The highest BCUT2D eigenvalue weighted by Gasteiger charge is 2.30. The van der Waals surface area contributed by atoms with Crippen molar-refractivity contribution in [2.75, 3.05) is 12.4 Å². The number of Topliss-reactive ketones (excluding diaryl/α,β-unsaturated/α-hetero) is 1. The zero-order valence-electron chi connectivity index (χ0n) is 15.2. The van der Waals surface area contributed by atoms with Gasteiger partial charge in [0.15, 0.2) is 10.9 Å². The lowest BCUT2D eigenvalue weighted by molar-refractivity contribution is 0.101. The van der Waals surface area contributed by atoms with Crippen LogP contribution in [0, 0.1) is 0 Å². The number of aromatic nitrogens is 3. The Hall–Kier alpha value is -2.60. The van der Waals surface area contributed by atoms with Gasteiger partial charge in [0, 0.05) is 17.4 Å². The van der Waals surface area contributed by atoms with Gasteiger partial charge in [-0.05, 0) is 44.0 Å². The van der Waals surface area contributed by atoms with Gasteiger partial charge in [-0.15, -0.1) is 10.2 Å². The van der Waals surface area contributed by atoms with Crippen LogP contribution < -0.4 is 4.74 Å². The molecule has 1 heterocycles. The zero-order chi connectivity index (χ0) is 18.6. The summed E-state index contributed by atoms with van der Waals surface area (Å²) in [4.78, 5) is 11.7. The number of benzene rings is 2. The van der Waals surface area contributed by atoms with Crippen LogP contribution in [0.3, 0.4) is 0 Å². The Morgan fingerprint density at radius 3 is 2.59 bits per heavy atom. The van der Waals surface area contributed by atoms with Crippen LogP contribution in [0.15, 0.2) is 59.8 Å². The Morgan fingerprint density at radius 1 is 1.11 bits per heavy atom. The lowest BCUT2D eigenvalue weighted by Crippen LogP contribution is -2.06. The molecule has 0 amide bonds. The van der Waals surface area contributed by atoms with Crippen molar-refractivity contribution in [3.8, 4) is 11.4 Å². The smallest absolute Gasteiger partial charge is 0.195 e. The maximum atomic E-state index is 11.7. The van der Waals surface area contributed by atoms with E-state index in [2.05, 4.69) is 26.9 Å². The van der Waals surface area contributed by atoms with Gasteiger partial charge in [0.2, 0.25) is 0 Å². The lowest BCUT2D eigenvalue weighted by Gasteiger charge is -2.11. The highest BCUT2D eigenvalue weighted by Crippen LogP contribution is 2.41. The summed E-state index contributed by atoms with van der Waals surface area (Å²) < 4.78 is 7.99. The van der Waals surface area contributed by atoms with Crippen molar-refractivity contribution < 1.29 is 9.53 Å². The predicted molar refractivity (Wildman–Crippen MR) is 106 cm³/mol. The number of thioether (sulfide) groups is 1. The Bertz CT molecular complexity index is 936. The Labute approximate surface area is 162 Å². The average molecular weight is 379 g/mol. The van der Waals surface area contributed by atoms with Gasteiger partial charge >= 0.3 is 0 Å². The number of ketones is 1. The van der Waals surface area contributed by atoms with Crippen molar-refractivity contribution >= 4 is 17.5 Å². The van der Waals surface area contributed by atoms with Crippen molar-refractivity contribution in [1.82, 2.24) is 14.8 Å². The lowest BCUT2D eigenvalue weighted by atomic mass is 10.1. The molecular formula is C21H21N3O2S. The number of ether oxygens (including phenoxy) is 1. The first-order chi connectivity index (χ1) is 13.2. The number of para-hydroxylation sites is 2. The second-order valence-electron chi connectivity index (χ2n) is 6.54. The van der Waals surface area contributed by atoms with Crippen molar-refractivity contribution in [3.63, 3.8) is 0 Å². The molecule has 0 bridgehead atoms. The van der Waals surface area contributed by atoms with E-state index in [1.807, 2.05) is 36.4 Å². The molecule has 0 unspecified atom stereocenters. The zero-order valence-corrected chi connectivity index (χ0v) is 16.0. The molecule has 6 heteroatoms. The van der Waals surface area contributed by atoms with E-state index in [9.17, 15) is 4.79 Å². The molecule has 4 rings (SSSR count). The normalized spacial score (nSPS) is 13.5. The quantitative estimate of drug-likeness (QED) is 0.327. The van der Waals surface area contributed by atoms with E-state index in [1.54, 1.807) is 24.8 Å². The van der Waals surface area contributed by atoms with Crippen molar-refractivity contribution in [3.05, 3.63) is 66.0 Å². The number of carbonyl (C=O) groups is 1. The van der Waals surface area contributed by atoms with Gasteiger partial charge in [0.25, 0.3) is 0 Å². The van der Waals surface area contributed by atoms with Gasteiger partial charge in [0.05, 0.1) is 12.2 Å². The number of hydrogen-bond donors (Lipinski definition) is 0. The van der Waals surface area contributed by atoms with Crippen molar-refractivity contribution in [1.29, 1.82) is 0 Å². The minimum atomic E-state index is 0.0103. The molecule has 0 saturated heterocycles. The van der Waals surface area contributed by atoms with Crippen molar-refractivity contribution in [2.45, 2.75) is 30.8 Å². The Morgan fingerprint density at radius 2 is 1.85 bits per heavy atom. The van der Waals surface area contributed by atoms with Crippen LogP contribution in [0.1, 0.15) is 41.9 Å². The fourth-order valence-corrected chi connectivity index (χ4v) is 3.74. The molecule has 2 aromatic carbocycles. The first-order valence-corrected chi connectivity index (χ1v) is 10.1. The minimum absolute atomic E-state index is 0.0103. The first kappa shape index (κ1) is 17.8. The van der Waals surface area contributed by atoms with Gasteiger partial charge in [0.1, 0.15) is 11.6 Å². The molecule has 0 radical (unpaired) electrons. The van der Waals surface area contributed by atoms with Gasteiger partial charge in [-0.3, -0.25) is 9.36 Å². The predicted octanol–water partition coefficient (Wildman–Crippen LogP) is 4.52. The minimum Gasteiger partial charge on any atom is -0.492 e. The van der Waals surface area contributed by atoms with Crippen LogP contribution in [0.5, 0.6) is 5.75 Å². The van der Waals surface area contributed by atoms with E-state index in [0.717, 1.165) is 22.4 Å². The topological polar surface area (TPSA) is 57.0 Å². The third-order valence-corrected chi connectivity index (χ3v) is 5.35. The monoisotopic (exact) mass is 379 g/mol. The van der Waals surface area contributed by atoms with Gasteiger partial charge in [-0.1, -0.05) is 42.1 Å². The molecule has 27 heavy (non-hydrogen) atoms. The maximum Gasteiger partial charge on any atom is 0.195 e. The highest BCUT2D eigenvalue weighted by atomic mass is 32.2. The third kappa shape index (κ3) is 4.06. The number of carbonyl (C=O) groups excluding carboxylic acids is 1. The Balaban J connectivity index is 1.44. The number of rotatable bonds is 8. The molecule has 0 aliphatic heterocycles. The largest absolute Gasteiger partial charge is 0.492 e. The van der Waals surface area contributed by atoms with Gasteiger partial charge < -0.3 is 4.74 Å². The summed E-state index contributed by atoms with van der Waals surface area (Å²) >= 11 is 1.62. The van der Waals surface area contributed by atoms with Gasteiger partial charge in [-0.2, -0.15) is 0 Å². The molecule has 3 aromatic rings. The van der Waals surface area contributed by atoms with E-state index in [1.165, 1.54) is 12.8 Å². The fourth-order valence-electron chi connectivity index (χ4n) is 2.97.